The molecule has 0 unspecified atom stereocenters. The van der Waals surface area contributed by atoms with Crippen LogP contribution in [0.15, 0.2) is 36.4 Å². The van der Waals surface area contributed by atoms with Crippen molar-refractivity contribution in [2.24, 2.45) is 22.7 Å². The number of aromatic hydroxyl groups is 2. The second-order valence-electron chi connectivity index (χ2n) is 14.9. The Morgan fingerprint density at radius 1 is 0.651 bits per heavy atom. The highest BCUT2D eigenvalue weighted by Gasteiger charge is 2.58. The summed E-state index contributed by atoms with van der Waals surface area (Å²) in [6, 6.07) is 10.9. The lowest BCUT2D eigenvalue weighted by Crippen LogP contribution is -2.55. The summed E-state index contributed by atoms with van der Waals surface area (Å²) < 4.78 is 0. The fourth-order valence-corrected chi connectivity index (χ4v) is 10.4. The standard InChI is InChI=1S/C37H44O6/c1-34-15-5-17-36(3,30(34)13-9-22-7-11-24(38)19-26(22)34)32(42)28(40)21-29(41)33(43)37(4)18-6-16-35(2)27-20-25(39)12-8-23(27)10-14-31(35)37/h7-8,11-12,19-20,30-31,38-39H,5-6,9-10,13-18,21H2,1-4H3/t30-,31-,34-,35-,36-,37-/m1/s1. The van der Waals surface area contributed by atoms with Gasteiger partial charge in [0.2, 0.25) is 23.1 Å². The minimum atomic E-state index is -0.932. The highest BCUT2D eigenvalue weighted by atomic mass is 16.3. The monoisotopic (exact) mass is 584 g/mol. The largest absolute Gasteiger partial charge is 0.508 e. The molecule has 2 aromatic carbocycles. The van der Waals surface area contributed by atoms with Gasteiger partial charge in [-0.25, -0.2) is 0 Å². The van der Waals surface area contributed by atoms with E-state index in [0.29, 0.717) is 12.8 Å². The van der Waals surface area contributed by atoms with Crippen molar-refractivity contribution >= 4 is 23.1 Å². The van der Waals surface area contributed by atoms with E-state index in [1.54, 1.807) is 12.1 Å². The Morgan fingerprint density at radius 3 is 1.44 bits per heavy atom. The molecule has 0 aliphatic heterocycles. The first-order chi connectivity index (χ1) is 20.2. The van der Waals surface area contributed by atoms with Crippen molar-refractivity contribution in [1.82, 2.24) is 0 Å². The van der Waals surface area contributed by atoms with E-state index < -0.39 is 40.4 Å². The number of phenolic OH excluding ortho intramolecular Hbond substituents is 2. The van der Waals surface area contributed by atoms with Crippen LogP contribution in [0.2, 0.25) is 0 Å². The quantitative estimate of drug-likeness (QED) is 0.297. The van der Waals surface area contributed by atoms with Gasteiger partial charge >= 0.3 is 0 Å². The van der Waals surface area contributed by atoms with Crippen molar-refractivity contribution in [2.45, 2.75) is 109 Å². The molecule has 2 saturated carbocycles. The number of carbonyl (C=O) groups excluding carboxylic acids is 4. The first-order valence-electron chi connectivity index (χ1n) is 16.0. The average Bonchev–Trinajstić information content (AvgIpc) is 2.96. The van der Waals surface area contributed by atoms with Gasteiger partial charge in [0.05, 0.1) is 6.42 Å². The van der Waals surface area contributed by atoms with E-state index in [0.717, 1.165) is 62.5 Å². The maximum atomic E-state index is 14.0. The van der Waals surface area contributed by atoms with Gasteiger partial charge in [-0.1, -0.05) is 52.7 Å². The smallest absolute Gasteiger partial charge is 0.206 e. The van der Waals surface area contributed by atoms with Crippen molar-refractivity contribution in [3.63, 3.8) is 0 Å². The molecular weight excluding hydrogens is 540 g/mol. The van der Waals surface area contributed by atoms with Gasteiger partial charge in [-0.05, 0) is 121 Å². The Kier molecular flexibility index (Phi) is 7.02. The highest BCUT2D eigenvalue weighted by molar-refractivity contribution is 6.50. The van der Waals surface area contributed by atoms with E-state index in [2.05, 4.69) is 13.8 Å². The number of hydrogen-bond acceptors (Lipinski definition) is 6. The number of Topliss-reactive ketones (excluding diaryl/α,β-unsaturated/α-hetero) is 4. The molecule has 2 aromatic rings. The zero-order valence-electron chi connectivity index (χ0n) is 25.9. The molecule has 0 heterocycles. The fourth-order valence-electron chi connectivity index (χ4n) is 10.4. The molecule has 43 heavy (non-hydrogen) atoms. The molecule has 0 bridgehead atoms. The molecule has 6 atom stereocenters. The van der Waals surface area contributed by atoms with Gasteiger partial charge in [-0.3, -0.25) is 19.2 Å². The van der Waals surface area contributed by atoms with Crippen molar-refractivity contribution in [3.05, 3.63) is 58.7 Å². The first kappa shape index (κ1) is 29.8. The van der Waals surface area contributed by atoms with Crippen LogP contribution in [0, 0.1) is 22.7 Å². The summed E-state index contributed by atoms with van der Waals surface area (Å²) >= 11 is 0. The van der Waals surface area contributed by atoms with Crippen molar-refractivity contribution in [3.8, 4) is 11.5 Å². The molecule has 0 radical (unpaired) electrons. The summed E-state index contributed by atoms with van der Waals surface area (Å²) in [5.41, 5.74) is 1.87. The van der Waals surface area contributed by atoms with Crippen LogP contribution in [0.3, 0.4) is 0 Å². The Balaban J connectivity index is 1.22. The molecule has 0 saturated heterocycles. The summed E-state index contributed by atoms with van der Waals surface area (Å²) in [6.07, 6.45) is 6.76. The molecule has 0 aromatic heterocycles. The third kappa shape index (κ3) is 4.42. The van der Waals surface area contributed by atoms with Crippen molar-refractivity contribution in [1.29, 1.82) is 0 Å². The SMILES string of the molecule is C[C@@]1(C(=O)C(=O)CC(=O)C(=O)[C@]2(C)CCC[C@]3(C)c4cc(O)ccc4CC[C@@H]23)CCC[C@]2(C)c3cc(O)ccc3CC[C@@H]12. The third-order valence-corrected chi connectivity index (χ3v) is 12.5. The number of rotatable bonds is 6. The van der Waals surface area contributed by atoms with Crippen LogP contribution >= 0.6 is 0 Å². The van der Waals surface area contributed by atoms with Gasteiger partial charge in [-0.15, -0.1) is 0 Å². The lowest BCUT2D eigenvalue weighted by Gasteiger charge is -2.54. The number of benzene rings is 2. The fraction of sp³-hybridized carbons (Fsp3) is 0.568. The maximum absolute atomic E-state index is 14.0. The van der Waals surface area contributed by atoms with Crippen molar-refractivity contribution < 1.29 is 29.4 Å². The van der Waals surface area contributed by atoms with Crippen LogP contribution in [0.1, 0.15) is 108 Å². The average molecular weight is 585 g/mol. The summed E-state index contributed by atoms with van der Waals surface area (Å²) in [6.45, 7) is 8.03. The summed E-state index contributed by atoms with van der Waals surface area (Å²) in [4.78, 5) is 55.1. The molecule has 4 aliphatic rings. The molecule has 0 amide bonds. The molecule has 0 spiro atoms. The van der Waals surface area contributed by atoms with E-state index >= 15 is 0 Å². The second kappa shape index (κ2) is 10.1. The Bertz CT molecular complexity index is 1430. The minimum absolute atomic E-state index is 0.0967. The Hall–Kier alpha value is -3.28. The number of fused-ring (bicyclic) bond motifs is 6. The van der Waals surface area contributed by atoms with Crippen LogP contribution in [0.25, 0.3) is 0 Å². The van der Waals surface area contributed by atoms with Crippen LogP contribution in [0.4, 0.5) is 0 Å². The summed E-state index contributed by atoms with van der Waals surface area (Å²) in [5, 5.41) is 20.5. The minimum Gasteiger partial charge on any atom is -0.508 e. The van der Waals surface area contributed by atoms with Gasteiger partial charge in [-0.2, -0.15) is 0 Å². The Morgan fingerprint density at radius 2 is 1.05 bits per heavy atom. The molecule has 4 aliphatic carbocycles. The number of carbonyl (C=O) groups is 4. The zero-order valence-corrected chi connectivity index (χ0v) is 25.9. The molecular formula is C37H44O6. The van der Waals surface area contributed by atoms with Crippen LogP contribution in [-0.2, 0) is 42.8 Å². The number of aryl methyl sites for hydroxylation is 2. The number of hydrogen-bond donors (Lipinski definition) is 2. The number of phenols is 2. The summed E-state index contributed by atoms with van der Waals surface area (Å²) in [5.74, 6) is -2.38. The second-order valence-corrected chi connectivity index (χ2v) is 14.9. The Labute approximate surface area is 254 Å². The van der Waals surface area contributed by atoms with E-state index in [1.165, 1.54) is 11.1 Å². The van der Waals surface area contributed by atoms with E-state index in [9.17, 15) is 29.4 Å². The van der Waals surface area contributed by atoms with Gasteiger partial charge in [0.15, 0.2) is 0 Å². The zero-order chi connectivity index (χ0) is 30.9. The van der Waals surface area contributed by atoms with Gasteiger partial charge in [0.25, 0.3) is 0 Å². The first-order valence-corrected chi connectivity index (χ1v) is 16.0. The lowest BCUT2D eigenvalue weighted by atomic mass is 9.48. The van der Waals surface area contributed by atoms with E-state index in [-0.39, 0.29) is 34.2 Å². The van der Waals surface area contributed by atoms with Crippen molar-refractivity contribution in [2.75, 3.05) is 0 Å². The molecule has 2 N–H and O–H groups in total. The normalized spacial score (nSPS) is 34.6. The number of ketones is 4. The molecule has 228 valence electrons. The molecule has 6 heteroatoms. The topological polar surface area (TPSA) is 109 Å². The maximum Gasteiger partial charge on any atom is 0.206 e. The van der Waals surface area contributed by atoms with Gasteiger partial charge < -0.3 is 10.2 Å². The third-order valence-electron chi connectivity index (χ3n) is 12.5. The molecule has 6 rings (SSSR count). The highest BCUT2D eigenvalue weighted by Crippen LogP contribution is 2.59. The molecule has 2 fully saturated rings. The van der Waals surface area contributed by atoms with E-state index in [1.807, 2.05) is 38.1 Å². The van der Waals surface area contributed by atoms with Gasteiger partial charge in [0, 0.05) is 10.8 Å². The van der Waals surface area contributed by atoms with Gasteiger partial charge in [0.1, 0.15) is 11.5 Å². The van der Waals surface area contributed by atoms with Crippen LogP contribution in [0.5, 0.6) is 11.5 Å². The van der Waals surface area contributed by atoms with Crippen LogP contribution in [-0.4, -0.2) is 33.3 Å². The molecule has 6 nitrogen and oxygen atoms in total. The summed E-state index contributed by atoms with van der Waals surface area (Å²) in [7, 11) is 0. The van der Waals surface area contributed by atoms with Crippen LogP contribution < -0.4 is 0 Å². The predicted octanol–water partition coefficient (Wildman–Crippen LogP) is 6.49. The lowest BCUT2D eigenvalue weighted by molar-refractivity contribution is -0.153. The van der Waals surface area contributed by atoms with E-state index in [4.69, 9.17) is 0 Å². The predicted molar refractivity (Wildman–Crippen MR) is 163 cm³/mol.